The average molecular weight is 210 g/mol. The Kier molecular flexibility index (Phi) is 3.50. The molecule has 4 heteroatoms. The third-order valence-corrected chi connectivity index (χ3v) is 3.32. The molecule has 1 fully saturated rings. The van der Waals surface area contributed by atoms with Crippen LogP contribution in [0, 0.1) is 5.51 Å². The van der Waals surface area contributed by atoms with Gasteiger partial charge in [-0.15, -0.1) is 11.3 Å². The zero-order chi connectivity index (χ0) is 9.80. The Morgan fingerprint density at radius 1 is 1.36 bits per heavy atom. The van der Waals surface area contributed by atoms with Gasteiger partial charge in [-0.2, -0.15) is 0 Å². The van der Waals surface area contributed by atoms with Gasteiger partial charge in [0.05, 0.1) is 5.69 Å². The molecule has 2 rings (SSSR count). The van der Waals surface area contributed by atoms with E-state index in [0.717, 1.165) is 6.54 Å². The van der Waals surface area contributed by atoms with E-state index in [9.17, 15) is 0 Å². The summed E-state index contributed by atoms with van der Waals surface area (Å²) >= 11 is 1.56. The summed E-state index contributed by atoms with van der Waals surface area (Å²) in [5.74, 6) is 0. The summed E-state index contributed by atoms with van der Waals surface area (Å²) in [7, 11) is 0. The lowest BCUT2D eigenvalue weighted by atomic mass is 10.3. The molecule has 3 nitrogen and oxygen atoms in total. The van der Waals surface area contributed by atoms with Crippen LogP contribution in [-0.4, -0.2) is 47.5 Å². The third-order valence-electron chi connectivity index (χ3n) is 2.73. The van der Waals surface area contributed by atoms with Crippen molar-refractivity contribution in [3.05, 3.63) is 16.6 Å². The molecule has 1 aromatic heterocycles. The number of thiazole rings is 1. The zero-order valence-corrected chi connectivity index (χ0v) is 9.39. The lowest BCUT2D eigenvalue weighted by Gasteiger charge is -2.33. The molecule has 1 aromatic rings. The van der Waals surface area contributed by atoms with E-state index in [-0.39, 0.29) is 0 Å². The molecule has 0 aromatic carbocycles. The standard InChI is InChI=1S/C10H16N3S/c1-2-12-3-5-13(6-4-12)7-10-8-14-9-11-10/h8H,2-7H2,1H3. The van der Waals surface area contributed by atoms with Crippen molar-refractivity contribution in [3.8, 4) is 0 Å². The van der Waals surface area contributed by atoms with E-state index in [1.165, 1.54) is 38.4 Å². The van der Waals surface area contributed by atoms with Gasteiger partial charge < -0.3 is 4.90 Å². The fourth-order valence-corrected chi connectivity index (χ4v) is 2.26. The Labute approximate surface area is 89.4 Å². The third kappa shape index (κ3) is 2.53. The van der Waals surface area contributed by atoms with Crippen LogP contribution >= 0.6 is 11.3 Å². The van der Waals surface area contributed by atoms with Crippen LogP contribution < -0.4 is 0 Å². The predicted molar refractivity (Wildman–Crippen MR) is 58.3 cm³/mol. The van der Waals surface area contributed by atoms with Gasteiger partial charge in [0.25, 0.3) is 0 Å². The summed E-state index contributed by atoms with van der Waals surface area (Å²) in [6.45, 7) is 9.15. The van der Waals surface area contributed by atoms with Crippen LogP contribution in [0.4, 0.5) is 0 Å². The molecule has 14 heavy (non-hydrogen) atoms. The highest BCUT2D eigenvalue weighted by Gasteiger charge is 2.15. The maximum atomic E-state index is 4.19. The Bertz CT molecular complexity index is 252. The summed E-state index contributed by atoms with van der Waals surface area (Å²) < 4.78 is 0. The predicted octanol–water partition coefficient (Wildman–Crippen LogP) is 1.08. The molecule has 77 valence electrons. The fraction of sp³-hybridized carbons (Fsp3) is 0.700. The number of hydrogen-bond donors (Lipinski definition) is 0. The van der Waals surface area contributed by atoms with Crippen molar-refractivity contribution >= 4 is 11.3 Å². The van der Waals surface area contributed by atoms with E-state index >= 15 is 0 Å². The summed E-state index contributed by atoms with van der Waals surface area (Å²) in [6, 6.07) is 0. The lowest BCUT2D eigenvalue weighted by molar-refractivity contribution is 0.131. The number of piperazine rings is 1. The van der Waals surface area contributed by atoms with E-state index in [1.54, 1.807) is 11.3 Å². The first-order chi connectivity index (χ1) is 6.88. The molecule has 0 N–H and O–H groups in total. The fourth-order valence-electron chi connectivity index (χ4n) is 1.77. The smallest absolute Gasteiger partial charge is 0.152 e. The van der Waals surface area contributed by atoms with Crippen molar-refractivity contribution < 1.29 is 0 Å². The Balaban J connectivity index is 1.79. The molecule has 0 spiro atoms. The minimum Gasteiger partial charge on any atom is -0.301 e. The quantitative estimate of drug-likeness (QED) is 0.744. The number of aromatic nitrogens is 1. The molecule has 1 aliphatic rings. The van der Waals surface area contributed by atoms with E-state index in [1.807, 2.05) is 0 Å². The molecule has 0 unspecified atom stereocenters. The van der Waals surface area contributed by atoms with E-state index in [4.69, 9.17) is 0 Å². The molecule has 1 aliphatic heterocycles. The number of rotatable bonds is 3. The Morgan fingerprint density at radius 3 is 2.64 bits per heavy atom. The monoisotopic (exact) mass is 210 g/mol. The van der Waals surface area contributed by atoms with Gasteiger partial charge in [0, 0.05) is 38.1 Å². The van der Waals surface area contributed by atoms with Crippen molar-refractivity contribution in [2.45, 2.75) is 13.5 Å². The van der Waals surface area contributed by atoms with Gasteiger partial charge in [-0.25, -0.2) is 4.98 Å². The van der Waals surface area contributed by atoms with Gasteiger partial charge in [0.1, 0.15) is 0 Å². The molecule has 2 heterocycles. The molecule has 0 saturated carbocycles. The van der Waals surface area contributed by atoms with Crippen LogP contribution in [0.1, 0.15) is 12.6 Å². The highest BCUT2D eigenvalue weighted by molar-refractivity contribution is 7.07. The van der Waals surface area contributed by atoms with Gasteiger partial charge >= 0.3 is 0 Å². The summed E-state index contributed by atoms with van der Waals surface area (Å²) in [5.41, 5.74) is 4.06. The summed E-state index contributed by atoms with van der Waals surface area (Å²) in [5, 5.41) is 2.09. The molecule has 0 atom stereocenters. The van der Waals surface area contributed by atoms with Crippen LogP contribution in [0.3, 0.4) is 0 Å². The molecule has 1 saturated heterocycles. The molecular weight excluding hydrogens is 194 g/mol. The van der Waals surface area contributed by atoms with Crippen molar-refractivity contribution in [3.63, 3.8) is 0 Å². The topological polar surface area (TPSA) is 19.4 Å². The van der Waals surface area contributed by atoms with Crippen molar-refractivity contribution in [2.75, 3.05) is 32.7 Å². The number of nitrogens with zero attached hydrogens (tertiary/aromatic N) is 3. The summed E-state index contributed by atoms with van der Waals surface area (Å²) in [6.07, 6.45) is 0. The Morgan fingerprint density at radius 2 is 2.07 bits per heavy atom. The second-order valence-corrected chi connectivity index (χ2v) is 4.29. The largest absolute Gasteiger partial charge is 0.301 e. The van der Waals surface area contributed by atoms with Gasteiger partial charge in [0.2, 0.25) is 0 Å². The molecule has 0 amide bonds. The molecule has 0 aliphatic carbocycles. The Hall–Kier alpha value is -0.450. The van der Waals surface area contributed by atoms with Crippen LogP contribution in [0.5, 0.6) is 0 Å². The maximum Gasteiger partial charge on any atom is 0.152 e. The van der Waals surface area contributed by atoms with E-state index in [2.05, 4.69) is 32.6 Å². The zero-order valence-electron chi connectivity index (χ0n) is 8.57. The first kappa shape index (κ1) is 10.1. The van der Waals surface area contributed by atoms with Crippen molar-refractivity contribution in [2.24, 2.45) is 0 Å². The number of hydrogen-bond acceptors (Lipinski definition) is 4. The van der Waals surface area contributed by atoms with E-state index in [0.29, 0.717) is 0 Å². The van der Waals surface area contributed by atoms with Crippen molar-refractivity contribution in [1.29, 1.82) is 0 Å². The first-order valence-electron chi connectivity index (χ1n) is 5.13. The maximum absolute atomic E-state index is 4.19. The van der Waals surface area contributed by atoms with Gasteiger partial charge in [0.15, 0.2) is 5.51 Å². The van der Waals surface area contributed by atoms with Gasteiger partial charge in [-0.05, 0) is 6.54 Å². The second kappa shape index (κ2) is 4.87. The van der Waals surface area contributed by atoms with Crippen LogP contribution in [0.2, 0.25) is 0 Å². The van der Waals surface area contributed by atoms with E-state index < -0.39 is 0 Å². The highest BCUT2D eigenvalue weighted by Crippen LogP contribution is 2.08. The molecular formula is C10H16N3S. The van der Waals surface area contributed by atoms with Gasteiger partial charge in [-0.1, -0.05) is 6.92 Å². The van der Waals surface area contributed by atoms with Crippen LogP contribution in [0.15, 0.2) is 5.38 Å². The lowest BCUT2D eigenvalue weighted by Crippen LogP contribution is -2.45. The summed E-state index contributed by atoms with van der Waals surface area (Å²) in [4.78, 5) is 9.14. The van der Waals surface area contributed by atoms with Crippen LogP contribution in [-0.2, 0) is 6.54 Å². The average Bonchev–Trinajstić information content (AvgIpc) is 2.72. The molecule has 1 radical (unpaired) electrons. The molecule has 0 bridgehead atoms. The SMILES string of the molecule is CCN1CCN(Cc2cs[c]n2)CC1. The minimum atomic E-state index is 0.998. The minimum absolute atomic E-state index is 0.998. The number of likely N-dealkylation sites (N-methyl/N-ethyl adjacent to an activating group) is 1. The first-order valence-corrected chi connectivity index (χ1v) is 6.01. The highest BCUT2D eigenvalue weighted by atomic mass is 32.1. The normalized spacial score (nSPS) is 20.1. The second-order valence-electron chi connectivity index (χ2n) is 3.64. The van der Waals surface area contributed by atoms with Gasteiger partial charge in [-0.3, -0.25) is 4.90 Å². The van der Waals surface area contributed by atoms with Crippen molar-refractivity contribution in [1.82, 2.24) is 14.8 Å². The van der Waals surface area contributed by atoms with Crippen LogP contribution in [0.25, 0.3) is 0 Å².